The molecule has 0 bridgehead atoms. The van der Waals surface area contributed by atoms with Gasteiger partial charge in [0.2, 0.25) is 15.9 Å². The maximum absolute atomic E-state index is 12.9. The number of sulfonamides is 1. The molecule has 0 fully saturated rings. The van der Waals surface area contributed by atoms with Crippen LogP contribution in [0.5, 0.6) is 0 Å². The number of nitrogens with one attached hydrogen (secondary N) is 1. The molecule has 1 atom stereocenters. The zero-order chi connectivity index (χ0) is 20.0. The van der Waals surface area contributed by atoms with Gasteiger partial charge in [-0.15, -0.1) is 0 Å². The smallest absolute Gasteiger partial charge is 0.244 e. The van der Waals surface area contributed by atoms with E-state index in [1.807, 2.05) is 0 Å². The van der Waals surface area contributed by atoms with E-state index in [9.17, 15) is 17.6 Å². The summed E-state index contributed by atoms with van der Waals surface area (Å²) in [4.78, 5) is 16.4. The monoisotopic (exact) mass is 411 g/mol. The van der Waals surface area contributed by atoms with Gasteiger partial charge in [0.05, 0.1) is 10.3 Å². The number of halogens is 1. The van der Waals surface area contributed by atoms with Crippen molar-refractivity contribution >= 4 is 27.7 Å². The van der Waals surface area contributed by atoms with Gasteiger partial charge in [0.25, 0.3) is 0 Å². The summed E-state index contributed by atoms with van der Waals surface area (Å²) >= 11 is 1.25. The Bertz CT molecular complexity index is 870. The number of carbonyl (C=O) groups is 1. The van der Waals surface area contributed by atoms with E-state index >= 15 is 0 Å². The lowest BCUT2D eigenvalue weighted by molar-refractivity contribution is -0.120. The molecule has 0 spiro atoms. The van der Waals surface area contributed by atoms with E-state index in [1.165, 1.54) is 50.3 Å². The maximum Gasteiger partial charge on any atom is 0.244 e. The third-order valence-corrected chi connectivity index (χ3v) is 6.63. The second-order valence-corrected chi connectivity index (χ2v) is 9.56. The third-order valence-electron chi connectivity index (χ3n) is 3.78. The molecule has 27 heavy (non-hydrogen) atoms. The Kier molecular flexibility index (Phi) is 7.34. The highest BCUT2D eigenvalue weighted by Crippen LogP contribution is 2.22. The summed E-state index contributed by atoms with van der Waals surface area (Å²) in [6.07, 6.45) is 1.90. The Hall–Kier alpha value is -1.97. The van der Waals surface area contributed by atoms with E-state index < -0.39 is 10.0 Å². The zero-order valence-electron chi connectivity index (χ0n) is 15.3. The van der Waals surface area contributed by atoms with Crippen LogP contribution in [0.1, 0.15) is 12.5 Å². The number of amides is 1. The molecule has 6 nitrogen and oxygen atoms in total. The first-order chi connectivity index (χ1) is 12.7. The number of benzene rings is 1. The Morgan fingerprint density at radius 1 is 1.22 bits per heavy atom. The Morgan fingerprint density at radius 2 is 1.89 bits per heavy atom. The van der Waals surface area contributed by atoms with Crippen molar-refractivity contribution in [2.45, 2.75) is 28.5 Å². The normalized spacial score (nSPS) is 12.8. The van der Waals surface area contributed by atoms with Gasteiger partial charge in [-0.2, -0.15) is 0 Å². The molecule has 2 aromatic rings. The van der Waals surface area contributed by atoms with Gasteiger partial charge in [0.15, 0.2) is 0 Å². The first-order valence-corrected chi connectivity index (χ1v) is 10.6. The van der Waals surface area contributed by atoms with Gasteiger partial charge in [-0.05, 0) is 43.2 Å². The minimum absolute atomic E-state index is 0.105. The van der Waals surface area contributed by atoms with Crippen molar-refractivity contribution in [3.05, 3.63) is 54.0 Å². The van der Waals surface area contributed by atoms with Crippen molar-refractivity contribution in [1.29, 1.82) is 0 Å². The average molecular weight is 412 g/mol. The second kappa shape index (κ2) is 9.29. The van der Waals surface area contributed by atoms with Gasteiger partial charge in [-0.1, -0.05) is 23.9 Å². The fourth-order valence-electron chi connectivity index (χ4n) is 2.16. The van der Waals surface area contributed by atoms with Crippen molar-refractivity contribution < 1.29 is 17.6 Å². The number of hydrogen-bond acceptors (Lipinski definition) is 5. The van der Waals surface area contributed by atoms with Crippen LogP contribution in [0.25, 0.3) is 0 Å². The fraction of sp³-hybridized carbons (Fsp3) is 0.333. The number of carbonyl (C=O) groups excluding carboxylic acids is 1. The van der Waals surface area contributed by atoms with Crippen LogP contribution in [-0.2, 0) is 21.2 Å². The molecule has 0 saturated carbocycles. The predicted octanol–water partition coefficient (Wildman–Crippen LogP) is 2.31. The van der Waals surface area contributed by atoms with Gasteiger partial charge in [0.1, 0.15) is 10.7 Å². The summed E-state index contributed by atoms with van der Waals surface area (Å²) < 4.78 is 38.0. The van der Waals surface area contributed by atoms with E-state index in [1.54, 1.807) is 25.1 Å². The lowest BCUT2D eigenvalue weighted by Crippen LogP contribution is -2.32. The summed E-state index contributed by atoms with van der Waals surface area (Å²) in [6.45, 7) is 2.20. The summed E-state index contributed by atoms with van der Waals surface area (Å²) in [6, 6.07) is 9.22. The molecule has 0 aliphatic rings. The number of thioether (sulfide) groups is 1. The molecule has 9 heteroatoms. The van der Waals surface area contributed by atoms with E-state index in [0.29, 0.717) is 18.0 Å². The highest BCUT2D eigenvalue weighted by atomic mass is 32.2. The molecule has 1 aromatic carbocycles. The second-order valence-electron chi connectivity index (χ2n) is 6.05. The van der Waals surface area contributed by atoms with Gasteiger partial charge in [-0.3, -0.25) is 4.79 Å². The van der Waals surface area contributed by atoms with Crippen LogP contribution in [0.4, 0.5) is 4.39 Å². The van der Waals surface area contributed by atoms with Crippen molar-refractivity contribution in [3.8, 4) is 0 Å². The minimum Gasteiger partial charge on any atom is -0.355 e. The number of aromatic nitrogens is 1. The molecule has 1 heterocycles. The molecule has 0 aliphatic heterocycles. The van der Waals surface area contributed by atoms with Gasteiger partial charge in [0, 0.05) is 26.8 Å². The van der Waals surface area contributed by atoms with E-state index in [2.05, 4.69) is 10.3 Å². The van der Waals surface area contributed by atoms with Crippen molar-refractivity contribution in [3.63, 3.8) is 0 Å². The number of nitrogens with zero attached hydrogens (tertiary/aromatic N) is 2. The molecule has 0 saturated heterocycles. The van der Waals surface area contributed by atoms with Crippen LogP contribution in [0.2, 0.25) is 0 Å². The summed E-state index contributed by atoms with van der Waals surface area (Å²) in [5.41, 5.74) is 0.941. The molecule has 0 unspecified atom stereocenters. The maximum atomic E-state index is 12.9. The van der Waals surface area contributed by atoms with Crippen LogP contribution in [0.15, 0.2) is 52.5 Å². The van der Waals surface area contributed by atoms with E-state index in [4.69, 9.17) is 0 Å². The zero-order valence-corrected chi connectivity index (χ0v) is 17.0. The van der Waals surface area contributed by atoms with Gasteiger partial charge in [-0.25, -0.2) is 22.1 Å². The van der Waals surface area contributed by atoms with Crippen LogP contribution in [-0.4, -0.2) is 49.5 Å². The van der Waals surface area contributed by atoms with Crippen LogP contribution >= 0.6 is 11.8 Å². The first kappa shape index (κ1) is 21.3. The lowest BCUT2D eigenvalue weighted by atomic mass is 10.1. The van der Waals surface area contributed by atoms with Crippen molar-refractivity contribution in [2.24, 2.45) is 0 Å². The lowest BCUT2D eigenvalue weighted by Gasteiger charge is -2.13. The van der Waals surface area contributed by atoms with Gasteiger partial charge >= 0.3 is 0 Å². The highest BCUT2D eigenvalue weighted by Gasteiger charge is 2.19. The molecule has 146 valence electrons. The standard InChI is InChI=1S/C18H22FN3O3S2/c1-13(18(23)20-11-10-14-4-6-15(19)7-5-14)26-17-9-8-16(12-21-17)27(24,25)22(2)3/h4-9,12-13H,10-11H2,1-3H3,(H,20,23)/t13-/m1/s1. The molecule has 1 amide bonds. The molecular weight excluding hydrogens is 389 g/mol. The molecule has 0 radical (unpaired) electrons. The summed E-state index contributed by atoms with van der Waals surface area (Å²) in [5, 5.41) is 3.01. The average Bonchev–Trinajstić information content (AvgIpc) is 2.63. The number of hydrogen-bond donors (Lipinski definition) is 1. The highest BCUT2D eigenvalue weighted by molar-refractivity contribution is 8.00. The molecule has 1 N–H and O–H groups in total. The van der Waals surface area contributed by atoms with E-state index in [-0.39, 0.29) is 21.9 Å². The van der Waals surface area contributed by atoms with Crippen molar-refractivity contribution in [1.82, 2.24) is 14.6 Å². The molecular formula is C18H22FN3O3S2. The Labute approximate surface area is 163 Å². The Balaban J connectivity index is 1.85. The number of rotatable bonds is 8. The minimum atomic E-state index is -3.52. The Morgan fingerprint density at radius 3 is 2.44 bits per heavy atom. The molecule has 0 aliphatic carbocycles. The fourth-order valence-corrected chi connectivity index (χ4v) is 3.82. The van der Waals surface area contributed by atoms with Crippen LogP contribution < -0.4 is 5.32 Å². The quantitative estimate of drug-likeness (QED) is 0.675. The van der Waals surface area contributed by atoms with Gasteiger partial charge < -0.3 is 5.32 Å². The molecule has 2 rings (SSSR count). The third kappa shape index (κ3) is 6.02. The largest absolute Gasteiger partial charge is 0.355 e. The number of pyridine rings is 1. The van der Waals surface area contributed by atoms with Crippen LogP contribution in [0.3, 0.4) is 0 Å². The summed E-state index contributed by atoms with van der Waals surface area (Å²) in [7, 11) is -0.611. The van der Waals surface area contributed by atoms with Crippen molar-refractivity contribution in [2.75, 3.05) is 20.6 Å². The van der Waals surface area contributed by atoms with E-state index in [0.717, 1.165) is 9.87 Å². The first-order valence-electron chi connectivity index (χ1n) is 8.27. The SMILES string of the molecule is C[C@@H](Sc1ccc(S(=O)(=O)N(C)C)cn1)C(=O)NCCc1ccc(F)cc1. The van der Waals surface area contributed by atoms with Crippen LogP contribution in [0, 0.1) is 5.82 Å². The predicted molar refractivity (Wildman–Crippen MR) is 104 cm³/mol. The topological polar surface area (TPSA) is 79.4 Å². The summed E-state index contributed by atoms with van der Waals surface area (Å²) in [5.74, 6) is -0.432. The molecule has 1 aromatic heterocycles.